The van der Waals surface area contributed by atoms with Gasteiger partial charge >= 0.3 is 0 Å². The van der Waals surface area contributed by atoms with E-state index in [0.717, 1.165) is 31.2 Å². The van der Waals surface area contributed by atoms with E-state index in [9.17, 15) is 4.79 Å². The molecule has 2 N–H and O–H groups in total. The van der Waals surface area contributed by atoms with Gasteiger partial charge in [0.05, 0.1) is 6.04 Å². The van der Waals surface area contributed by atoms with Gasteiger partial charge in [-0.3, -0.25) is 4.79 Å². The summed E-state index contributed by atoms with van der Waals surface area (Å²) in [5.74, 6) is 1.96. The van der Waals surface area contributed by atoms with Crippen LogP contribution in [-0.4, -0.2) is 24.5 Å². The molecule has 3 atom stereocenters. The van der Waals surface area contributed by atoms with E-state index in [2.05, 4.69) is 10.6 Å². The molecule has 3 heteroatoms. The normalized spacial score (nSPS) is 34.1. The molecular weight excluding hydrogens is 248 g/mol. The van der Waals surface area contributed by atoms with Crippen LogP contribution in [0.15, 0.2) is 0 Å². The Morgan fingerprint density at radius 2 is 1.80 bits per heavy atom. The van der Waals surface area contributed by atoms with E-state index in [0.29, 0.717) is 6.04 Å². The van der Waals surface area contributed by atoms with Crippen LogP contribution >= 0.6 is 0 Å². The lowest BCUT2D eigenvalue weighted by Gasteiger charge is -2.24. The summed E-state index contributed by atoms with van der Waals surface area (Å²) in [5.41, 5.74) is 0. The van der Waals surface area contributed by atoms with Crippen molar-refractivity contribution < 1.29 is 4.79 Å². The fourth-order valence-corrected chi connectivity index (χ4v) is 4.55. The first kappa shape index (κ1) is 14.4. The summed E-state index contributed by atoms with van der Waals surface area (Å²) >= 11 is 0. The second kappa shape index (κ2) is 6.93. The van der Waals surface area contributed by atoms with Crippen LogP contribution in [0.2, 0.25) is 0 Å². The molecule has 20 heavy (non-hydrogen) atoms. The lowest BCUT2D eigenvalue weighted by Crippen LogP contribution is -2.43. The van der Waals surface area contributed by atoms with Gasteiger partial charge < -0.3 is 10.6 Å². The highest BCUT2D eigenvalue weighted by atomic mass is 16.2. The maximum absolute atomic E-state index is 12.2. The molecule has 1 aliphatic heterocycles. The topological polar surface area (TPSA) is 41.1 Å². The maximum atomic E-state index is 12.2. The van der Waals surface area contributed by atoms with Crippen molar-refractivity contribution in [1.82, 2.24) is 10.6 Å². The third-order valence-corrected chi connectivity index (χ3v) is 5.74. The first-order chi connectivity index (χ1) is 9.83. The predicted molar refractivity (Wildman–Crippen MR) is 81.5 cm³/mol. The standard InChI is InChI=1S/C17H30N2O/c20-17(18-11-5-8-13-6-1-2-7-13)16-12-14-9-3-4-10-15(14)19-16/h13-16,19H,1-12H2,(H,18,20). The molecule has 3 nitrogen and oxygen atoms in total. The van der Waals surface area contributed by atoms with Crippen LogP contribution in [0.4, 0.5) is 0 Å². The Kier molecular flexibility index (Phi) is 4.98. The van der Waals surface area contributed by atoms with Gasteiger partial charge in [-0.25, -0.2) is 0 Å². The maximum Gasteiger partial charge on any atom is 0.237 e. The molecule has 0 spiro atoms. The summed E-state index contributed by atoms with van der Waals surface area (Å²) in [5, 5.41) is 6.72. The number of hydrogen-bond donors (Lipinski definition) is 2. The molecule has 0 radical (unpaired) electrons. The molecule has 114 valence electrons. The molecule has 1 amide bonds. The fourth-order valence-electron chi connectivity index (χ4n) is 4.55. The van der Waals surface area contributed by atoms with Crippen molar-refractivity contribution in [3.63, 3.8) is 0 Å². The highest BCUT2D eigenvalue weighted by Crippen LogP contribution is 2.33. The molecule has 3 aliphatic rings. The molecule has 0 aromatic heterocycles. The van der Waals surface area contributed by atoms with Crippen LogP contribution < -0.4 is 10.6 Å². The lowest BCUT2D eigenvalue weighted by atomic mass is 9.85. The molecule has 0 aromatic rings. The van der Waals surface area contributed by atoms with Gasteiger partial charge in [-0.05, 0) is 43.9 Å². The van der Waals surface area contributed by atoms with Crippen LogP contribution in [0.25, 0.3) is 0 Å². The summed E-state index contributed by atoms with van der Waals surface area (Å²) in [4.78, 5) is 12.2. The van der Waals surface area contributed by atoms with Gasteiger partial charge in [-0.1, -0.05) is 38.5 Å². The first-order valence-corrected chi connectivity index (χ1v) is 8.86. The molecule has 2 saturated carbocycles. The number of nitrogens with one attached hydrogen (secondary N) is 2. The average molecular weight is 278 g/mol. The Labute approximate surface area is 123 Å². The van der Waals surface area contributed by atoms with Gasteiger partial charge in [0.15, 0.2) is 0 Å². The van der Waals surface area contributed by atoms with Crippen molar-refractivity contribution in [3.8, 4) is 0 Å². The van der Waals surface area contributed by atoms with E-state index in [-0.39, 0.29) is 11.9 Å². The van der Waals surface area contributed by atoms with Gasteiger partial charge in [-0.2, -0.15) is 0 Å². The molecule has 3 fully saturated rings. The SMILES string of the molecule is O=C(NCCCC1CCCC1)C1CC2CCCCC2N1. The second-order valence-corrected chi connectivity index (χ2v) is 7.19. The summed E-state index contributed by atoms with van der Waals surface area (Å²) in [7, 11) is 0. The van der Waals surface area contributed by atoms with Crippen molar-refractivity contribution in [1.29, 1.82) is 0 Å². The zero-order valence-corrected chi connectivity index (χ0v) is 12.7. The smallest absolute Gasteiger partial charge is 0.237 e. The lowest BCUT2D eigenvalue weighted by molar-refractivity contribution is -0.122. The zero-order chi connectivity index (χ0) is 13.8. The van der Waals surface area contributed by atoms with Gasteiger partial charge in [0.1, 0.15) is 0 Å². The molecule has 0 aromatic carbocycles. The Morgan fingerprint density at radius 3 is 2.60 bits per heavy atom. The van der Waals surface area contributed by atoms with E-state index >= 15 is 0 Å². The van der Waals surface area contributed by atoms with Crippen molar-refractivity contribution in [2.75, 3.05) is 6.54 Å². The average Bonchev–Trinajstić information content (AvgIpc) is 3.12. The Bertz CT molecular complexity index is 311. The Hall–Kier alpha value is -0.570. The van der Waals surface area contributed by atoms with Crippen molar-refractivity contribution in [2.24, 2.45) is 11.8 Å². The van der Waals surface area contributed by atoms with E-state index in [1.165, 1.54) is 57.8 Å². The van der Waals surface area contributed by atoms with Crippen LogP contribution in [0.5, 0.6) is 0 Å². The van der Waals surface area contributed by atoms with Crippen molar-refractivity contribution in [2.45, 2.75) is 82.7 Å². The Morgan fingerprint density at radius 1 is 1.05 bits per heavy atom. The minimum Gasteiger partial charge on any atom is -0.355 e. The number of fused-ring (bicyclic) bond motifs is 1. The summed E-state index contributed by atoms with van der Waals surface area (Å²) in [6.45, 7) is 0.878. The fraction of sp³-hybridized carbons (Fsp3) is 0.941. The molecule has 1 saturated heterocycles. The quantitative estimate of drug-likeness (QED) is 0.759. The van der Waals surface area contributed by atoms with Crippen molar-refractivity contribution in [3.05, 3.63) is 0 Å². The number of rotatable bonds is 5. The summed E-state index contributed by atoms with van der Waals surface area (Å²) in [6.07, 6.45) is 14.5. The second-order valence-electron chi connectivity index (χ2n) is 7.19. The number of hydrogen-bond acceptors (Lipinski definition) is 2. The van der Waals surface area contributed by atoms with Crippen LogP contribution in [0.1, 0.15) is 70.6 Å². The van der Waals surface area contributed by atoms with E-state index < -0.39 is 0 Å². The molecule has 2 aliphatic carbocycles. The summed E-state index contributed by atoms with van der Waals surface area (Å²) < 4.78 is 0. The molecule has 0 bridgehead atoms. The molecular formula is C17H30N2O. The largest absolute Gasteiger partial charge is 0.355 e. The van der Waals surface area contributed by atoms with Crippen LogP contribution in [0, 0.1) is 11.8 Å². The van der Waals surface area contributed by atoms with Crippen LogP contribution in [-0.2, 0) is 4.79 Å². The molecule has 1 heterocycles. The highest BCUT2D eigenvalue weighted by molar-refractivity contribution is 5.82. The van der Waals surface area contributed by atoms with Gasteiger partial charge in [0, 0.05) is 12.6 Å². The number of carbonyl (C=O) groups is 1. The van der Waals surface area contributed by atoms with Gasteiger partial charge in [0.2, 0.25) is 5.91 Å². The van der Waals surface area contributed by atoms with Crippen LogP contribution in [0.3, 0.4) is 0 Å². The Balaban J connectivity index is 1.32. The minimum atomic E-state index is 0.0922. The third-order valence-electron chi connectivity index (χ3n) is 5.74. The van der Waals surface area contributed by atoms with E-state index in [1.54, 1.807) is 0 Å². The zero-order valence-electron chi connectivity index (χ0n) is 12.7. The molecule has 3 unspecified atom stereocenters. The molecule has 3 rings (SSSR count). The van der Waals surface area contributed by atoms with Gasteiger partial charge in [-0.15, -0.1) is 0 Å². The number of carbonyl (C=O) groups excluding carboxylic acids is 1. The van der Waals surface area contributed by atoms with Crippen molar-refractivity contribution >= 4 is 5.91 Å². The van der Waals surface area contributed by atoms with E-state index in [1.807, 2.05) is 0 Å². The van der Waals surface area contributed by atoms with E-state index in [4.69, 9.17) is 0 Å². The highest BCUT2D eigenvalue weighted by Gasteiger charge is 2.37. The predicted octanol–water partition coefficient (Wildman–Crippen LogP) is 2.99. The minimum absolute atomic E-state index is 0.0922. The monoisotopic (exact) mass is 278 g/mol. The third kappa shape index (κ3) is 3.55. The first-order valence-electron chi connectivity index (χ1n) is 8.86. The summed E-state index contributed by atoms with van der Waals surface area (Å²) in [6, 6.07) is 0.715. The number of amides is 1. The van der Waals surface area contributed by atoms with Gasteiger partial charge in [0.25, 0.3) is 0 Å².